The third kappa shape index (κ3) is 2.20. The lowest BCUT2D eigenvalue weighted by atomic mass is 9.42. The summed E-state index contributed by atoms with van der Waals surface area (Å²) in [5.41, 5.74) is -1.87. The quantitative estimate of drug-likeness (QED) is 0.582. The van der Waals surface area contributed by atoms with Gasteiger partial charge in [-0.3, -0.25) is 9.59 Å². The van der Waals surface area contributed by atoms with E-state index < -0.39 is 30.9 Å². The van der Waals surface area contributed by atoms with Crippen LogP contribution in [0.4, 0.5) is 0 Å². The van der Waals surface area contributed by atoms with Gasteiger partial charge >= 0.3 is 0 Å². The predicted octanol–water partition coefficient (Wildman–Crippen LogP) is 4.03. The standard InChI is InChI=1S/C21H34O4Si/c1-13-9-10-21(25-26(7,8)18(2,3)4)16(23)12-19(5)15(22)11-14(13)20(21,6)17(19)24/h9,14-15,22H,10-12H2,1-8H3/t14-,15+,19?,20?,21+/m0/s1. The normalized spacial score (nSPS) is 43.3. The van der Waals surface area contributed by atoms with Crippen molar-refractivity contribution in [1.29, 1.82) is 0 Å². The Morgan fingerprint density at radius 3 is 2.35 bits per heavy atom. The number of aliphatic hydroxyl groups is 1. The van der Waals surface area contributed by atoms with Crippen molar-refractivity contribution in [3.63, 3.8) is 0 Å². The number of hydrogen-bond donors (Lipinski definition) is 1. The minimum atomic E-state index is -2.28. The van der Waals surface area contributed by atoms with E-state index in [-0.39, 0.29) is 28.9 Å². The van der Waals surface area contributed by atoms with Gasteiger partial charge < -0.3 is 9.53 Å². The molecule has 0 aromatic heterocycles. The second-order valence-corrected chi connectivity index (χ2v) is 15.4. The highest BCUT2D eigenvalue weighted by molar-refractivity contribution is 6.74. The first-order chi connectivity index (χ1) is 11.6. The Balaban J connectivity index is 2.22. The fourth-order valence-corrected chi connectivity index (χ4v) is 6.84. The Hall–Kier alpha value is -0.783. The summed E-state index contributed by atoms with van der Waals surface area (Å²) in [4.78, 5) is 27.3. The molecule has 0 radical (unpaired) electrons. The zero-order valence-electron chi connectivity index (χ0n) is 17.5. The first kappa shape index (κ1) is 20.0. The molecule has 4 nitrogen and oxygen atoms in total. The van der Waals surface area contributed by atoms with Crippen molar-refractivity contribution in [3.8, 4) is 0 Å². The molecule has 2 fully saturated rings. The Bertz CT molecular complexity index is 703. The second kappa shape index (κ2) is 5.39. The SMILES string of the molecule is CC1=CC[C@@]2(O[Si](C)(C)C(C)(C)C)C(=O)CC3(C)C(=O)C2(C)[C@H]1C[C@H]3O. The Labute approximate surface area is 158 Å². The van der Waals surface area contributed by atoms with Gasteiger partial charge in [0.2, 0.25) is 0 Å². The number of aliphatic hydroxyl groups excluding tert-OH is 1. The molecule has 0 aromatic carbocycles. The van der Waals surface area contributed by atoms with Gasteiger partial charge in [0.15, 0.2) is 19.9 Å². The Morgan fingerprint density at radius 2 is 1.81 bits per heavy atom. The Kier molecular flexibility index (Phi) is 4.14. The average molecular weight is 379 g/mol. The van der Waals surface area contributed by atoms with Gasteiger partial charge in [-0.1, -0.05) is 32.4 Å². The van der Waals surface area contributed by atoms with Crippen molar-refractivity contribution in [2.24, 2.45) is 16.7 Å². The van der Waals surface area contributed by atoms with Crippen molar-refractivity contribution in [1.82, 2.24) is 0 Å². The summed E-state index contributed by atoms with van der Waals surface area (Å²) in [6.45, 7) is 16.5. The average Bonchev–Trinajstić information content (AvgIpc) is 2.49. The van der Waals surface area contributed by atoms with Crippen LogP contribution >= 0.6 is 0 Å². The van der Waals surface area contributed by atoms with E-state index in [0.29, 0.717) is 12.8 Å². The highest BCUT2D eigenvalue weighted by atomic mass is 28.4. The predicted molar refractivity (Wildman–Crippen MR) is 104 cm³/mol. The van der Waals surface area contributed by atoms with E-state index in [2.05, 4.69) is 39.9 Å². The number of carbonyl (C=O) groups excluding carboxylic acids is 2. The van der Waals surface area contributed by atoms with Crippen LogP contribution in [0.15, 0.2) is 11.6 Å². The van der Waals surface area contributed by atoms with Gasteiger partial charge in [0.1, 0.15) is 5.60 Å². The van der Waals surface area contributed by atoms with Crippen LogP contribution in [0.3, 0.4) is 0 Å². The maximum absolute atomic E-state index is 13.7. The molecular formula is C21H34O4Si. The van der Waals surface area contributed by atoms with E-state index in [9.17, 15) is 14.7 Å². The van der Waals surface area contributed by atoms with Gasteiger partial charge in [-0.15, -0.1) is 0 Å². The number of fused-ring (bicyclic) bond motifs is 1. The van der Waals surface area contributed by atoms with E-state index in [0.717, 1.165) is 5.57 Å². The summed E-state index contributed by atoms with van der Waals surface area (Å²) in [6, 6.07) is 0. The molecule has 3 aliphatic rings. The lowest BCUT2D eigenvalue weighted by molar-refractivity contribution is -0.203. The molecule has 0 spiro atoms. The molecule has 0 heterocycles. The van der Waals surface area contributed by atoms with Gasteiger partial charge in [0.25, 0.3) is 0 Å². The smallest absolute Gasteiger partial charge is 0.193 e. The third-order valence-corrected chi connectivity index (χ3v) is 12.7. The molecule has 3 aliphatic carbocycles. The molecule has 2 unspecified atom stereocenters. The molecule has 5 atom stereocenters. The molecule has 3 rings (SSSR count). The van der Waals surface area contributed by atoms with E-state index in [1.807, 2.05) is 13.8 Å². The van der Waals surface area contributed by atoms with Gasteiger partial charge in [0.05, 0.1) is 16.9 Å². The Morgan fingerprint density at radius 1 is 1.23 bits per heavy atom. The summed E-state index contributed by atoms with van der Waals surface area (Å²) >= 11 is 0. The van der Waals surface area contributed by atoms with Crippen LogP contribution in [-0.4, -0.2) is 36.7 Å². The summed E-state index contributed by atoms with van der Waals surface area (Å²) in [5, 5.41) is 10.7. The highest BCUT2D eigenvalue weighted by Crippen LogP contribution is 2.64. The summed E-state index contributed by atoms with van der Waals surface area (Å²) in [6.07, 6.45) is 2.37. The zero-order chi connectivity index (χ0) is 19.9. The number of carbonyl (C=O) groups is 2. The molecule has 2 saturated carbocycles. The molecule has 2 bridgehead atoms. The minimum Gasteiger partial charge on any atom is -0.403 e. The van der Waals surface area contributed by atoms with Crippen LogP contribution in [0.25, 0.3) is 0 Å². The van der Waals surface area contributed by atoms with Crippen LogP contribution in [0.2, 0.25) is 18.1 Å². The van der Waals surface area contributed by atoms with E-state index in [4.69, 9.17) is 4.43 Å². The van der Waals surface area contributed by atoms with Crippen LogP contribution < -0.4 is 0 Å². The molecular weight excluding hydrogens is 344 g/mol. The van der Waals surface area contributed by atoms with Crippen LogP contribution in [0.5, 0.6) is 0 Å². The molecule has 5 heteroatoms. The lowest BCUT2D eigenvalue weighted by Gasteiger charge is -2.65. The van der Waals surface area contributed by atoms with Crippen molar-refractivity contribution >= 4 is 19.9 Å². The summed E-state index contributed by atoms with van der Waals surface area (Å²) in [7, 11) is -2.28. The van der Waals surface area contributed by atoms with Crippen molar-refractivity contribution < 1.29 is 19.1 Å². The van der Waals surface area contributed by atoms with Gasteiger partial charge in [0, 0.05) is 12.8 Å². The van der Waals surface area contributed by atoms with Gasteiger partial charge in [-0.05, 0) is 51.2 Å². The van der Waals surface area contributed by atoms with E-state index in [1.165, 1.54) is 0 Å². The van der Waals surface area contributed by atoms with E-state index in [1.54, 1.807) is 6.92 Å². The summed E-state index contributed by atoms with van der Waals surface area (Å²) < 4.78 is 6.84. The first-order valence-electron chi connectivity index (χ1n) is 9.76. The zero-order valence-corrected chi connectivity index (χ0v) is 18.5. The van der Waals surface area contributed by atoms with Crippen LogP contribution in [-0.2, 0) is 14.0 Å². The highest BCUT2D eigenvalue weighted by Gasteiger charge is 2.74. The number of rotatable bonds is 2. The van der Waals surface area contributed by atoms with Crippen LogP contribution in [0.1, 0.15) is 60.8 Å². The largest absolute Gasteiger partial charge is 0.403 e. The van der Waals surface area contributed by atoms with Gasteiger partial charge in [-0.2, -0.15) is 0 Å². The molecule has 146 valence electrons. The lowest BCUT2D eigenvalue weighted by Crippen LogP contribution is -2.76. The molecule has 26 heavy (non-hydrogen) atoms. The van der Waals surface area contributed by atoms with Gasteiger partial charge in [-0.25, -0.2) is 0 Å². The molecule has 0 aliphatic heterocycles. The fourth-order valence-electron chi connectivity index (χ4n) is 5.26. The van der Waals surface area contributed by atoms with Crippen molar-refractivity contribution in [2.45, 2.75) is 90.6 Å². The maximum atomic E-state index is 13.7. The van der Waals surface area contributed by atoms with E-state index >= 15 is 0 Å². The number of ketones is 2. The number of allylic oxidation sites excluding steroid dienone is 1. The fraction of sp³-hybridized carbons (Fsp3) is 0.810. The second-order valence-electron chi connectivity index (χ2n) is 10.7. The topological polar surface area (TPSA) is 63.6 Å². The molecule has 1 N–H and O–H groups in total. The molecule has 0 amide bonds. The number of Topliss-reactive ketones (excluding diaryl/α,β-unsaturated/α-hetero) is 2. The van der Waals surface area contributed by atoms with Crippen LogP contribution in [0, 0.1) is 16.7 Å². The molecule has 0 saturated heterocycles. The summed E-state index contributed by atoms with van der Waals surface area (Å²) in [5.74, 6) is -0.125. The van der Waals surface area contributed by atoms with Crippen molar-refractivity contribution in [3.05, 3.63) is 11.6 Å². The van der Waals surface area contributed by atoms with Crippen molar-refractivity contribution in [2.75, 3.05) is 0 Å². The minimum absolute atomic E-state index is 0.000532. The third-order valence-electron chi connectivity index (χ3n) is 8.20. The first-order valence-corrected chi connectivity index (χ1v) is 12.7. The number of hydrogen-bond acceptors (Lipinski definition) is 4. The molecule has 0 aromatic rings. The monoisotopic (exact) mass is 378 g/mol. The maximum Gasteiger partial charge on any atom is 0.193 e.